The first-order valence-corrected chi connectivity index (χ1v) is 5.14. The van der Waals surface area contributed by atoms with Crippen LogP contribution >= 0.6 is 0 Å². The summed E-state index contributed by atoms with van der Waals surface area (Å²) in [6, 6.07) is 3.98. The average Bonchev–Trinajstić information content (AvgIpc) is 2.60. The van der Waals surface area contributed by atoms with Crippen LogP contribution in [0.1, 0.15) is 32.3 Å². The van der Waals surface area contributed by atoms with E-state index in [1.807, 2.05) is 12.1 Å². The van der Waals surface area contributed by atoms with Gasteiger partial charge in [0, 0.05) is 6.42 Å². The summed E-state index contributed by atoms with van der Waals surface area (Å²) in [5.74, 6) is 2.49. The van der Waals surface area contributed by atoms with Crippen LogP contribution in [0.3, 0.4) is 0 Å². The van der Waals surface area contributed by atoms with Crippen molar-refractivity contribution in [1.29, 1.82) is 0 Å². The fourth-order valence-corrected chi connectivity index (χ4v) is 1.06. The molecule has 1 aromatic rings. The van der Waals surface area contributed by atoms with Crippen LogP contribution in [0.2, 0.25) is 0 Å². The Bertz CT molecular complexity index is 256. The molecule has 1 heterocycles. The summed E-state index contributed by atoms with van der Waals surface area (Å²) in [7, 11) is 0. The van der Waals surface area contributed by atoms with Crippen LogP contribution < -0.4 is 5.48 Å². The zero-order valence-electron chi connectivity index (χ0n) is 9.17. The summed E-state index contributed by atoms with van der Waals surface area (Å²) in [4.78, 5) is 5.23. The number of furan rings is 1. The maximum absolute atomic E-state index is 5.50. The molecule has 0 aromatic carbocycles. The number of rotatable bonds is 6. The van der Waals surface area contributed by atoms with Gasteiger partial charge >= 0.3 is 0 Å². The SMILES string of the molecule is CCc1ccc(CNOCC(C)C)o1. The van der Waals surface area contributed by atoms with E-state index >= 15 is 0 Å². The molecular weight excluding hydrogens is 178 g/mol. The first kappa shape index (κ1) is 11.3. The van der Waals surface area contributed by atoms with E-state index in [9.17, 15) is 0 Å². The van der Waals surface area contributed by atoms with Gasteiger partial charge in [-0.25, -0.2) is 0 Å². The highest BCUT2D eigenvalue weighted by Gasteiger charge is 2.00. The van der Waals surface area contributed by atoms with Crippen LogP contribution in [0.5, 0.6) is 0 Å². The molecule has 0 aliphatic heterocycles. The number of hydrogen-bond acceptors (Lipinski definition) is 3. The van der Waals surface area contributed by atoms with Crippen molar-refractivity contribution in [2.75, 3.05) is 6.61 Å². The molecular formula is C11H19NO2. The van der Waals surface area contributed by atoms with Crippen molar-refractivity contribution >= 4 is 0 Å². The molecule has 1 N–H and O–H groups in total. The molecule has 0 aliphatic rings. The number of hydroxylamine groups is 1. The van der Waals surface area contributed by atoms with Gasteiger partial charge in [-0.15, -0.1) is 0 Å². The second-order valence-corrected chi connectivity index (χ2v) is 3.75. The minimum atomic E-state index is 0.547. The molecule has 14 heavy (non-hydrogen) atoms. The summed E-state index contributed by atoms with van der Waals surface area (Å²) < 4.78 is 5.50. The molecule has 0 fully saturated rings. The third kappa shape index (κ3) is 3.94. The molecule has 0 saturated heterocycles. The summed E-state index contributed by atoms with van der Waals surface area (Å²) in [6.45, 7) is 7.66. The molecule has 1 rings (SSSR count). The van der Waals surface area contributed by atoms with Crippen LogP contribution in [0.15, 0.2) is 16.5 Å². The monoisotopic (exact) mass is 197 g/mol. The maximum Gasteiger partial charge on any atom is 0.120 e. The van der Waals surface area contributed by atoms with Crippen LogP contribution in [0.4, 0.5) is 0 Å². The second kappa shape index (κ2) is 5.83. The Morgan fingerprint density at radius 1 is 1.36 bits per heavy atom. The zero-order chi connectivity index (χ0) is 10.4. The number of hydrogen-bond donors (Lipinski definition) is 1. The predicted molar refractivity (Wildman–Crippen MR) is 55.7 cm³/mol. The summed E-state index contributed by atoms with van der Waals surface area (Å²) in [5.41, 5.74) is 2.88. The molecule has 0 atom stereocenters. The first-order chi connectivity index (χ1) is 6.72. The fourth-order valence-electron chi connectivity index (χ4n) is 1.06. The molecule has 0 radical (unpaired) electrons. The van der Waals surface area contributed by atoms with Crippen molar-refractivity contribution in [3.8, 4) is 0 Å². The van der Waals surface area contributed by atoms with Gasteiger partial charge in [0.05, 0.1) is 13.2 Å². The molecule has 0 saturated carbocycles. The van der Waals surface area contributed by atoms with Crippen molar-refractivity contribution < 1.29 is 9.25 Å². The van der Waals surface area contributed by atoms with Gasteiger partial charge in [-0.1, -0.05) is 20.8 Å². The Morgan fingerprint density at radius 2 is 2.07 bits per heavy atom. The quantitative estimate of drug-likeness (QED) is 0.562. The number of nitrogens with one attached hydrogen (secondary N) is 1. The minimum absolute atomic E-state index is 0.547. The largest absolute Gasteiger partial charge is 0.465 e. The van der Waals surface area contributed by atoms with E-state index in [0.29, 0.717) is 12.5 Å². The highest BCUT2D eigenvalue weighted by Crippen LogP contribution is 2.07. The molecule has 0 aliphatic carbocycles. The third-order valence-corrected chi connectivity index (χ3v) is 1.83. The van der Waals surface area contributed by atoms with Gasteiger partial charge in [0.15, 0.2) is 0 Å². The van der Waals surface area contributed by atoms with Crippen molar-refractivity contribution in [3.05, 3.63) is 23.7 Å². The lowest BCUT2D eigenvalue weighted by atomic mass is 10.2. The molecule has 0 spiro atoms. The third-order valence-electron chi connectivity index (χ3n) is 1.83. The van der Waals surface area contributed by atoms with Crippen molar-refractivity contribution in [1.82, 2.24) is 5.48 Å². The van der Waals surface area contributed by atoms with E-state index in [1.165, 1.54) is 0 Å². The standard InChI is InChI=1S/C11H19NO2/c1-4-10-5-6-11(14-10)7-12-13-8-9(2)3/h5-6,9,12H,4,7-8H2,1-3H3. The predicted octanol–water partition coefficient (Wildman–Crippen LogP) is 2.52. The zero-order valence-corrected chi connectivity index (χ0v) is 9.17. The highest BCUT2D eigenvalue weighted by molar-refractivity contribution is 5.06. The Kier molecular flexibility index (Phi) is 4.70. The Hall–Kier alpha value is -0.800. The Labute approximate surface area is 85.4 Å². The van der Waals surface area contributed by atoms with Gasteiger partial charge in [-0.3, -0.25) is 0 Å². The molecule has 3 heteroatoms. The Morgan fingerprint density at radius 3 is 2.64 bits per heavy atom. The highest BCUT2D eigenvalue weighted by atomic mass is 16.6. The smallest absolute Gasteiger partial charge is 0.120 e. The number of aryl methyl sites for hydroxylation is 1. The van der Waals surface area contributed by atoms with E-state index in [4.69, 9.17) is 9.25 Å². The normalized spacial score (nSPS) is 11.1. The first-order valence-electron chi connectivity index (χ1n) is 5.14. The van der Waals surface area contributed by atoms with E-state index in [-0.39, 0.29) is 0 Å². The van der Waals surface area contributed by atoms with Crippen LogP contribution in [0, 0.1) is 5.92 Å². The van der Waals surface area contributed by atoms with E-state index in [0.717, 1.165) is 24.5 Å². The van der Waals surface area contributed by atoms with Crippen LogP contribution in [-0.2, 0) is 17.8 Å². The summed E-state index contributed by atoms with van der Waals surface area (Å²) in [6.07, 6.45) is 0.937. The van der Waals surface area contributed by atoms with Crippen LogP contribution in [0.25, 0.3) is 0 Å². The van der Waals surface area contributed by atoms with Crippen LogP contribution in [-0.4, -0.2) is 6.61 Å². The maximum atomic E-state index is 5.50. The van der Waals surface area contributed by atoms with E-state index in [1.54, 1.807) is 0 Å². The van der Waals surface area contributed by atoms with Gasteiger partial charge in [0.25, 0.3) is 0 Å². The van der Waals surface area contributed by atoms with Crippen molar-refractivity contribution in [2.24, 2.45) is 5.92 Å². The van der Waals surface area contributed by atoms with Gasteiger partial charge in [-0.2, -0.15) is 5.48 Å². The second-order valence-electron chi connectivity index (χ2n) is 3.75. The molecule has 3 nitrogen and oxygen atoms in total. The lowest BCUT2D eigenvalue weighted by molar-refractivity contribution is 0.0164. The van der Waals surface area contributed by atoms with Gasteiger partial charge in [-0.05, 0) is 18.1 Å². The molecule has 1 aromatic heterocycles. The molecule has 0 bridgehead atoms. The van der Waals surface area contributed by atoms with Gasteiger partial charge in [0.2, 0.25) is 0 Å². The fraction of sp³-hybridized carbons (Fsp3) is 0.636. The summed E-state index contributed by atoms with van der Waals surface area (Å²) in [5, 5.41) is 0. The Balaban J connectivity index is 2.18. The topological polar surface area (TPSA) is 34.4 Å². The van der Waals surface area contributed by atoms with Crippen molar-refractivity contribution in [3.63, 3.8) is 0 Å². The summed E-state index contributed by atoms with van der Waals surface area (Å²) >= 11 is 0. The molecule has 0 amide bonds. The average molecular weight is 197 g/mol. The van der Waals surface area contributed by atoms with Gasteiger partial charge < -0.3 is 9.25 Å². The van der Waals surface area contributed by atoms with Gasteiger partial charge in [0.1, 0.15) is 11.5 Å². The van der Waals surface area contributed by atoms with E-state index < -0.39 is 0 Å². The molecule has 80 valence electrons. The molecule has 0 unspecified atom stereocenters. The van der Waals surface area contributed by atoms with Crippen molar-refractivity contribution in [2.45, 2.75) is 33.7 Å². The lowest BCUT2D eigenvalue weighted by Gasteiger charge is -2.06. The lowest BCUT2D eigenvalue weighted by Crippen LogP contribution is -2.16. The minimum Gasteiger partial charge on any atom is -0.465 e. The van der Waals surface area contributed by atoms with E-state index in [2.05, 4.69) is 26.3 Å².